The van der Waals surface area contributed by atoms with E-state index in [4.69, 9.17) is 17.3 Å². The number of anilines is 1. The first-order chi connectivity index (χ1) is 8.40. The zero-order chi connectivity index (χ0) is 13.7. The Morgan fingerprint density at radius 3 is 2.44 bits per heavy atom. The molecule has 2 N–H and O–H groups in total. The smallest absolute Gasteiger partial charge is 0.0642 e. The minimum Gasteiger partial charge on any atom is -0.373 e. The van der Waals surface area contributed by atoms with Crippen LogP contribution in [0.4, 0.5) is 5.69 Å². The molecule has 1 rings (SSSR count). The van der Waals surface area contributed by atoms with Crippen molar-refractivity contribution >= 4 is 17.3 Å². The van der Waals surface area contributed by atoms with Crippen LogP contribution in [0.25, 0.3) is 0 Å². The van der Waals surface area contributed by atoms with Crippen molar-refractivity contribution in [3.63, 3.8) is 0 Å². The van der Waals surface area contributed by atoms with Crippen molar-refractivity contribution in [1.82, 2.24) is 0 Å². The highest BCUT2D eigenvalue weighted by Crippen LogP contribution is 2.27. The van der Waals surface area contributed by atoms with Gasteiger partial charge in [-0.05, 0) is 43.4 Å². The molecule has 18 heavy (non-hydrogen) atoms. The summed E-state index contributed by atoms with van der Waals surface area (Å²) >= 11 is 6.34. The molecule has 0 amide bonds. The Hall–Kier alpha value is -0.730. The molecule has 1 aromatic rings. The molecule has 0 fully saturated rings. The molecule has 0 spiro atoms. The minimum absolute atomic E-state index is 0.172. The lowest BCUT2D eigenvalue weighted by Gasteiger charge is -2.22. The molecule has 0 heterocycles. The van der Waals surface area contributed by atoms with Crippen molar-refractivity contribution in [2.24, 2.45) is 11.7 Å². The first-order valence-electron chi connectivity index (χ1n) is 6.65. The van der Waals surface area contributed by atoms with Crippen LogP contribution >= 0.6 is 11.6 Å². The van der Waals surface area contributed by atoms with Gasteiger partial charge in [0.1, 0.15) is 0 Å². The topological polar surface area (TPSA) is 29.3 Å². The van der Waals surface area contributed by atoms with Crippen LogP contribution in [0.3, 0.4) is 0 Å². The van der Waals surface area contributed by atoms with E-state index in [1.807, 2.05) is 13.0 Å². The Labute approximate surface area is 116 Å². The molecule has 0 aliphatic carbocycles. The van der Waals surface area contributed by atoms with Crippen LogP contribution in [-0.2, 0) is 6.42 Å². The molecule has 0 aliphatic heterocycles. The van der Waals surface area contributed by atoms with Gasteiger partial charge in [-0.25, -0.2) is 0 Å². The Bertz CT molecular complexity index is 375. The summed E-state index contributed by atoms with van der Waals surface area (Å²) in [6, 6.07) is 6.42. The third-order valence-electron chi connectivity index (χ3n) is 3.02. The van der Waals surface area contributed by atoms with Gasteiger partial charge in [0.25, 0.3) is 0 Å². The van der Waals surface area contributed by atoms with Gasteiger partial charge >= 0.3 is 0 Å². The third-order valence-corrected chi connectivity index (χ3v) is 3.33. The number of hydrogen-bond donors (Lipinski definition) is 1. The molecule has 0 saturated carbocycles. The monoisotopic (exact) mass is 268 g/mol. The normalized spacial score (nSPS) is 12.8. The van der Waals surface area contributed by atoms with Crippen LogP contribution in [0.1, 0.15) is 32.8 Å². The molecular formula is C15H25ClN2. The Balaban J connectivity index is 2.72. The van der Waals surface area contributed by atoms with Gasteiger partial charge < -0.3 is 10.6 Å². The second-order valence-corrected chi connectivity index (χ2v) is 5.98. The SMILES string of the molecule is CC(C)CCN(C)c1ccc(CC(C)N)cc1Cl. The summed E-state index contributed by atoms with van der Waals surface area (Å²) in [6.07, 6.45) is 2.05. The van der Waals surface area contributed by atoms with Crippen LogP contribution in [0, 0.1) is 5.92 Å². The quantitative estimate of drug-likeness (QED) is 0.852. The first-order valence-corrected chi connectivity index (χ1v) is 7.03. The summed E-state index contributed by atoms with van der Waals surface area (Å²) in [5.41, 5.74) is 8.11. The number of benzene rings is 1. The van der Waals surface area contributed by atoms with Gasteiger partial charge in [0, 0.05) is 19.6 Å². The van der Waals surface area contributed by atoms with Gasteiger partial charge in [-0.2, -0.15) is 0 Å². The van der Waals surface area contributed by atoms with E-state index in [1.54, 1.807) is 0 Å². The summed E-state index contributed by atoms with van der Waals surface area (Å²) in [5, 5.41) is 0.819. The van der Waals surface area contributed by atoms with E-state index in [9.17, 15) is 0 Å². The maximum absolute atomic E-state index is 6.34. The summed E-state index contributed by atoms with van der Waals surface area (Å²) < 4.78 is 0. The van der Waals surface area contributed by atoms with E-state index in [0.717, 1.165) is 23.7 Å². The maximum Gasteiger partial charge on any atom is 0.0642 e. The van der Waals surface area contributed by atoms with E-state index >= 15 is 0 Å². The van der Waals surface area contributed by atoms with Crippen molar-refractivity contribution in [3.8, 4) is 0 Å². The number of halogens is 1. The molecule has 0 bridgehead atoms. The van der Waals surface area contributed by atoms with Crippen molar-refractivity contribution in [3.05, 3.63) is 28.8 Å². The Morgan fingerprint density at radius 2 is 1.94 bits per heavy atom. The maximum atomic E-state index is 6.34. The predicted molar refractivity (Wildman–Crippen MR) is 81.5 cm³/mol. The fraction of sp³-hybridized carbons (Fsp3) is 0.600. The number of nitrogens with two attached hydrogens (primary N) is 1. The van der Waals surface area contributed by atoms with Crippen LogP contribution in [0.5, 0.6) is 0 Å². The van der Waals surface area contributed by atoms with Gasteiger partial charge in [-0.3, -0.25) is 0 Å². The number of rotatable bonds is 6. The predicted octanol–water partition coefficient (Wildman–Crippen LogP) is 3.71. The third kappa shape index (κ3) is 4.87. The lowest BCUT2D eigenvalue weighted by Crippen LogP contribution is -2.21. The van der Waals surface area contributed by atoms with Crippen molar-refractivity contribution in [1.29, 1.82) is 0 Å². The van der Waals surface area contributed by atoms with Crippen LogP contribution in [-0.4, -0.2) is 19.6 Å². The van der Waals surface area contributed by atoms with Gasteiger partial charge in [0.05, 0.1) is 10.7 Å². The van der Waals surface area contributed by atoms with E-state index in [-0.39, 0.29) is 6.04 Å². The molecular weight excluding hydrogens is 244 g/mol. The van der Waals surface area contributed by atoms with Gasteiger partial charge in [-0.15, -0.1) is 0 Å². The Morgan fingerprint density at radius 1 is 1.28 bits per heavy atom. The second kappa shape index (κ2) is 7.01. The van der Waals surface area contributed by atoms with E-state index in [1.165, 1.54) is 12.0 Å². The molecule has 0 saturated heterocycles. The van der Waals surface area contributed by atoms with Crippen molar-refractivity contribution in [2.75, 3.05) is 18.5 Å². The Kier molecular flexibility index (Phi) is 5.97. The molecule has 102 valence electrons. The summed E-state index contributed by atoms with van der Waals surface area (Å²) in [6.45, 7) is 7.52. The van der Waals surface area contributed by atoms with Crippen LogP contribution in [0.2, 0.25) is 5.02 Å². The molecule has 1 atom stereocenters. The lowest BCUT2D eigenvalue weighted by molar-refractivity contribution is 0.585. The number of nitrogens with zero attached hydrogens (tertiary/aromatic N) is 1. The fourth-order valence-corrected chi connectivity index (χ4v) is 2.28. The summed E-state index contributed by atoms with van der Waals surface area (Å²) in [7, 11) is 2.09. The first kappa shape index (κ1) is 15.3. The highest BCUT2D eigenvalue weighted by atomic mass is 35.5. The molecule has 3 heteroatoms. The number of hydrogen-bond acceptors (Lipinski definition) is 2. The largest absolute Gasteiger partial charge is 0.373 e. The highest BCUT2D eigenvalue weighted by molar-refractivity contribution is 6.33. The highest BCUT2D eigenvalue weighted by Gasteiger charge is 2.08. The minimum atomic E-state index is 0.172. The van der Waals surface area contributed by atoms with Crippen molar-refractivity contribution < 1.29 is 0 Å². The van der Waals surface area contributed by atoms with E-state index in [0.29, 0.717) is 5.92 Å². The average Bonchev–Trinajstić information content (AvgIpc) is 2.25. The summed E-state index contributed by atoms with van der Waals surface area (Å²) in [5.74, 6) is 0.712. The lowest BCUT2D eigenvalue weighted by atomic mass is 10.1. The van der Waals surface area contributed by atoms with E-state index < -0.39 is 0 Å². The van der Waals surface area contributed by atoms with Gasteiger partial charge in [-0.1, -0.05) is 31.5 Å². The van der Waals surface area contributed by atoms with Gasteiger partial charge in [0.2, 0.25) is 0 Å². The molecule has 0 radical (unpaired) electrons. The molecule has 1 aromatic carbocycles. The zero-order valence-electron chi connectivity index (χ0n) is 11.9. The van der Waals surface area contributed by atoms with E-state index in [2.05, 4.69) is 37.9 Å². The average molecular weight is 269 g/mol. The molecule has 2 nitrogen and oxygen atoms in total. The van der Waals surface area contributed by atoms with Crippen LogP contribution in [0.15, 0.2) is 18.2 Å². The van der Waals surface area contributed by atoms with Crippen molar-refractivity contribution in [2.45, 2.75) is 39.7 Å². The fourth-order valence-electron chi connectivity index (χ4n) is 1.93. The summed E-state index contributed by atoms with van der Waals surface area (Å²) in [4.78, 5) is 2.22. The molecule has 0 aliphatic rings. The molecule has 1 unspecified atom stereocenters. The van der Waals surface area contributed by atoms with Gasteiger partial charge in [0.15, 0.2) is 0 Å². The standard InChI is InChI=1S/C15H25ClN2/c1-11(2)7-8-18(4)15-6-5-13(9-12(3)17)10-14(15)16/h5-6,10-12H,7-9,17H2,1-4H3. The molecule has 0 aromatic heterocycles. The zero-order valence-corrected chi connectivity index (χ0v) is 12.7. The second-order valence-electron chi connectivity index (χ2n) is 5.57. The van der Waals surface area contributed by atoms with Crippen LogP contribution < -0.4 is 10.6 Å².